The van der Waals surface area contributed by atoms with Gasteiger partial charge in [-0.1, -0.05) is 24.3 Å². The van der Waals surface area contributed by atoms with Gasteiger partial charge < -0.3 is 0 Å². The van der Waals surface area contributed by atoms with Crippen molar-refractivity contribution in [1.29, 1.82) is 0 Å². The fraction of sp³-hybridized carbons (Fsp3) is 0.0625. The molecule has 0 aliphatic carbocycles. The third-order valence-electron chi connectivity index (χ3n) is 3.41. The third kappa shape index (κ3) is 1.66. The standard InChI is InChI=1S/C16H12N4/c1-20-10-8-14(19-20)13-7-6-12-5-4-11-3-2-9-17-15(11)16(12)18-13/h2-10H,1H3. The summed E-state index contributed by atoms with van der Waals surface area (Å²) < 4.78 is 1.78. The molecule has 0 unspecified atom stereocenters. The normalized spacial score (nSPS) is 11.2. The fourth-order valence-corrected chi connectivity index (χ4v) is 2.42. The van der Waals surface area contributed by atoms with Crippen LogP contribution in [0.25, 0.3) is 33.2 Å². The molecule has 4 nitrogen and oxygen atoms in total. The Morgan fingerprint density at radius 2 is 1.65 bits per heavy atom. The van der Waals surface area contributed by atoms with E-state index in [0.29, 0.717) is 0 Å². The summed E-state index contributed by atoms with van der Waals surface area (Å²) in [6, 6.07) is 14.2. The maximum atomic E-state index is 4.75. The van der Waals surface area contributed by atoms with Gasteiger partial charge in [0.25, 0.3) is 0 Å². The van der Waals surface area contributed by atoms with E-state index >= 15 is 0 Å². The van der Waals surface area contributed by atoms with Crippen LogP contribution in [0.1, 0.15) is 0 Å². The number of benzene rings is 1. The van der Waals surface area contributed by atoms with Gasteiger partial charge in [-0.2, -0.15) is 5.10 Å². The van der Waals surface area contributed by atoms with Crippen molar-refractivity contribution in [2.45, 2.75) is 0 Å². The van der Waals surface area contributed by atoms with Gasteiger partial charge in [-0.3, -0.25) is 9.67 Å². The van der Waals surface area contributed by atoms with Crippen LogP contribution < -0.4 is 0 Å². The lowest BCUT2D eigenvalue weighted by Crippen LogP contribution is -1.91. The van der Waals surface area contributed by atoms with Crippen molar-refractivity contribution in [3.63, 3.8) is 0 Å². The molecule has 3 aromatic heterocycles. The van der Waals surface area contributed by atoms with Crippen molar-refractivity contribution < 1.29 is 0 Å². The summed E-state index contributed by atoms with van der Waals surface area (Å²) in [7, 11) is 1.90. The summed E-state index contributed by atoms with van der Waals surface area (Å²) in [5.74, 6) is 0. The maximum Gasteiger partial charge on any atom is 0.111 e. The largest absolute Gasteiger partial charge is 0.275 e. The molecule has 1 aromatic carbocycles. The van der Waals surface area contributed by atoms with Gasteiger partial charge in [-0.05, 0) is 18.2 Å². The number of pyridine rings is 2. The zero-order chi connectivity index (χ0) is 13.5. The molecule has 0 atom stereocenters. The van der Waals surface area contributed by atoms with E-state index in [9.17, 15) is 0 Å². The topological polar surface area (TPSA) is 43.6 Å². The molecule has 4 aromatic rings. The molecule has 96 valence electrons. The lowest BCUT2D eigenvalue weighted by molar-refractivity contribution is 0.770. The molecule has 0 spiro atoms. The van der Waals surface area contributed by atoms with Crippen molar-refractivity contribution in [1.82, 2.24) is 19.7 Å². The summed E-state index contributed by atoms with van der Waals surface area (Å²) in [6.45, 7) is 0. The molecule has 20 heavy (non-hydrogen) atoms. The average Bonchev–Trinajstić information content (AvgIpc) is 2.93. The van der Waals surface area contributed by atoms with E-state index in [2.05, 4.69) is 34.3 Å². The van der Waals surface area contributed by atoms with Gasteiger partial charge in [0, 0.05) is 30.2 Å². The smallest absolute Gasteiger partial charge is 0.111 e. The van der Waals surface area contributed by atoms with E-state index in [1.54, 1.807) is 10.9 Å². The van der Waals surface area contributed by atoms with Gasteiger partial charge >= 0.3 is 0 Å². The molecule has 0 saturated heterocycles. The first kappa shape index (κ1) is 11.1. The van der Waals surface area contributed by atoms with Crippen molar-refractivity contribution in [3.8, 4) is 11.4 Å². The number of fused-ring (bicyclic) bond motifs is 3. The van der Waals surface area contributed by atoms with Crippen molar-refractivity contribution in [2.24, 2.45) is 7.05 Å². The van der Waals surface area contributed by atoms with Crippen LogP contribution in [0.3, 0.4) is 0 Å². The summed E-state index contributed by atoms with van der Waals surface area (Å²) >= 11 is 0. The minimum atomic E-state index is 0.872. The highest BCUT2D eigenvalue weighted by Crippen LogP contribution is 2.24. The fourth-order valence-electron chi connectivity index (χ4n) is 2.42. The Balaban J connectivity index is 2.04. The van der Waals surface area contributed by atoms with Gasteiger partial charge in [0.1, 0.15) is 5.69 Å². The lowest BCUT2D eigenvalue weighted by Gasteiger charge is -2.04. The first-order chi connectivity index (χ1) is 9.81. The van der Waals surface area contributed by atoms with Gasteiger partial charge in [0.05, 0.1) is 16.7 Å². The Labute approximate surface area is 115 Å². The SMILES string of the molecule is Cn1ccc(-c2ccc3ccc4cccnc4c3n2)n1. The number of rotatable bonds is 1. The number of hydrogen-bond donors (Lipinski definition) is 0. The van der Waals surface area contributed by atoms with E-state index in [-0.39, 0.29) is 0 Å². The Morgan fingerprint density at radius 1 is 0.850 bits per heavy atom. The maximum absolute atomic E-state index is 4.75. The van der Waals surface area contributed by atoms with E-state index in [0.717, 1.165) is 33.2 Å². The molecule has 3 heterocycles. The predicted molar refractivity (Wildman–Crippen MR) is 79.2 cm³/mol. The molecule has 0 saturated carbocycles. The van der Waals surface area contributed by atoms with E-state index in [1.165, 1.54) is 0 Å². The van der Waals surface area contributed by atoms with Crippen LogP contribution in [0.5, 0.6) is 0 Å². The van der Waals surface area contributed by atoms with Gasteiger partial charge in [0.2, 0.25) is 0 Å². The highest BCUT2D eigenvalue weighted by atomic mass is 15.2. The van der Waals surface area contributed by atoms with Crippen LogP contribution in [0, 0.1) is 0 Å². The van der Waals surface area contributed by atoms with Crippen LogP contribution in [-0.2, 0) is 7.05 Å². The lowest BCUT2D eigenvalue weighted by atomic mass is 10.1. The number of aromatic nitrogens is 4. The third-order valence-corrected chi connectivity index (χ3v) is 3.41. The predicted octanol–water partition coefficient (Wildman–Crippen LogP) is 3.18. The molecule has 0 amide bonds. The monoisotopic (exact) mass is 260 g/mol. The molecule has 0 aliphatic rings. The Kier molecular flexibility index (Phi) is 2.29. The number of nitrogens with zero attached hydrogens (tertiary/aromatic N) is 4. The van der Waals surface area contributed by atoms with Crippen LogP contribution in [0.4, 0.5) is 0 Å². The highest BCUT2D eigenvalue weighted by molar-refractivity contribution is 6.03. The second-order valence-corrected chi connectivity index (χ2v) is 4.78. The summed E-state index contributed by atoms with van der Waals surface area (Å²) in [5, 5.41) is 6.60. The summed E-state index contributed by atoms with van der Waals surface area (Å²) in [5.41, 5.74) is 3.60. The molecule has 4 heteroatoms. The Morgan fingerprint density at radius 3 is 2.45 bits per heavy atom. The molecular weight excluding hydrogens is 248 g/mol. The Bertz CT molecular complexity index is 924. The summed E-state index contributed by atoms with van der Waals surface area (Å²) in [4.78, 5) is 9.21. The number of hydrogen-bond acceptors (Lipinski definition) is 3. The molecule has 0 aliphatic heterocycles. The van der Waals surface area contributed by atoms with Crippen LogP contribution in [-0.4, -0.2) is 19.7 Å². The molecule has 0 bridgehead atoms. The van der Waals surface area contributed by atoms with E-state index < -0.39 is 0 Å². The first-order valence-corrected chi connectivity index (χ1v) is 6.46. The zero-order valence-corrected chi connectivity index (χ0v) is 11.0. The molecular formula is C16H12N4. The molecule has 0 radical (unpaired) electrons. The minimum absolute atomic E-state index is 0.872. The van der Waals surface area contributed by atoms with Crippen LogP contribution in [0.2, 0.25) is 0 Å². The van der Waals surface area contributed by atoms with Gasteiger partial charge in [-0.25, -0.2) is 4.98 Å². The van der Waals surface area contributed by atoms with Gasteiger partial charge in [-0.15, -0.1) is 0 Å². The van der Waals surface area contributed by atoms with Crippen molar-refractivity contribution >= 4 is 21.8 Å². The van der Waals surface area contributed by atoms with Gasteiger partial charge in [0.15, 0.2) is 0 Å². The van der Waals surface area contributed by atoms with E-state index in [1.807, 2.05) is 31.4 Å². The molecule has 0 N–H and O–H groups in total. The highest BCUT2D eigenvalue weighted by Gasteiger charge is 2.07. The van der Waals surface area contributed by atoms with Crippen molar-refractivity contribution in [3.05, 3.63) is 54.9 Å². The molecule has 4 rings (SSSR count). The summed E-state index contributed by atoms with van der Waals surface area (Å²) in [6.07, 6.45) is 3.72. The Hall–Kier alpha value is -2.75. The number of aryl methyl sites for hydroxylation is 1. The second kappa shape index (κ2) is 4.13. The second-order valence-electron chi connectivity index (χ2n) is 4.78. The van der Waals surface area contributed by atoms with E-state index in [4.69, 9.17) is 4.98 Å². The van der Waals surface area contributed by atoms with Crippen LogP contribution >= 0.6 is 0 Å². The average molecular weight is 260 g/mol. The zero-order valence-electron chi connectivity index (χ0n) is 11.0. The van der Waals surface area contributed by atoms with Crippen molar-refractivity contribution in [2.75, 3.05) is 0 Å². The first-order valence-electron chi connectivity index (χ1n) is 6.46. The minimum Gasteiger partial charge on any atom is -0.275 e. The quantitative estimate of drug-likeness (QED) is 0.494. The van der Waals surface area contributed by atoms with Crippen LogP contribution in [0.15, 0.2) is 54.9 Å². The molecule has 0 fully saturated rings.